The highest BCUT2D eigenvalue weighted by Crippen LogP contribution is 2.35. The van der Waals surface area contributed by atoms with Crippen LogP contribution in [-0.4, -0.2) is 42.6 Å². The van der Waals surface area contributed by atoms with E-state index in [1.165, 1.54) is 7.11 Å². The zero-order chi connectivity index (χ0) is 20.6. The van der Waals surface area contributed by atoms with Gasteiger partial charge in [0.25, 0.3) is 5.56 Å². The van der Waals surface area contributed by atoms with E-state index < -0.39 is 10.0 Å². The topological polar surface area (TPSA) is 92.4 Å². The number of fused-ring (bicyclic) bond motifs is 1. The van der Waals surface area contributed by atoms with Gasteiger partial charge in [-0.3, -0.25) is 4.79 Å². The van der Waals surface area contributed by atoms with Gasteiger partial charge in [0, 0.05) is 23.7 Å². The normalized spacial score (nSPS) is 20.3. The zero-order valence-corrected chi connectivity index (χ0v) is 17.7. The van der Waals surface area contributed by atoms with Gasteiger partial charge < -0.3 is 4.74 Å². The number of methoxy groups -OCH3 is 1. The maximum atomic E-state index is 13.5. The second kappa shape index (κ2) is 7.91. The van der Waals surface area contributed by atoms with Gasteiger partial charge in [-0.15, -0.1) is 0 Å². The number of hydrogen-bond acceptors (Lipinski definition) is 5. The van der Waals surface area contributed by atoms with Crippen molar-refractivity contribution in [3.63, 3.8) is 0 Å². The summed E-state index contributed by atoms with van der Waals surface area (Å²) in [5.74, 6) is 0.324. The van der Waals surface area contributed by atoms with E-state index in [1.807, 2.05) is 13.0 Å². The summed E-state index contributed by atoms with van der Waals surface area (Å²) in [5, 5.41) is 6.87. The Morgan fingerprint density at radius 2 is 1.90 bits per heavy atom. The van der Waals surface area contributed by atoms with Crippen molar-refractivity contribution in [2.24, 2.45) is 0 Å². The quantitative estimate of drug-likeness (QED) is 0.826. The van der Waals surface area contributed by atoms with Crippen LogP contribution in [0.1, 0.15) is 50.2 Å². The van der Waals surface area contributed by atoms with Gasteiger partial charge >= 0.3 is 0 Å². The molecular formula is C21H27N3O4S. The summed E-state index contributed by atoms with van der Waals surface area (Å²) in [4.78, 5) is 12.3. The third-order valence-electron chi connectivity index (χ3n) is 6.06. The smallest absolute Gasteiger partial charge is 0.267 e. The number of benzene rings is 1. The van der Waals surface area contributed by atoms with Crippen molar-refractivity contribution in [3.8, 4) is 17.0 Å². The molecule has 2 heterocycles. The minimum absolute atomic E-state index is 0.0407. The number of nitrogens with one attached hydrogen (secondary N) is 1. The van der Waals surface area contributed by atoms with Gasteiger partial charge in [-0.2, -0.15) is 9.40 Å². The maximum Gasteiger partial charge on any atom is 0.267 e. The van der Waals surface area contributed by atoms with Crippen LogP contribution in [0.4, 0.5) is 0 Å². The average molecular weight is 418 g/mol. The van der Waals surface area contributed by atoms with Crippen LogP contribution in [0.2, 0.25) is 0 Å². The Morgan fingerprint density at radius 1 is 1.14 bits per heavy atom. The first-order chi connectivity index (χ1) is 13.9. The van der Waals surface area contributed by atoms with Crippen molar-refractivity contribution in [2.75, 3.05) is 13.7 Å². The molecule has 156 valence electrons. The van der Waals surface area contributed by atoms with Crippen molar-refractivity contribution in [3.05, 3.63) is 39.7 Å². The van der Waals surface area contributed by atoms with E-state index in [1.54, 1.807) is 16.4 Å². The fourth-order valence-corrected chi connectivity index (χ4v) is 6.36. The molecule has 0 bridgehead atoms. The van der Waals surface area contributed by atoms with Crippen LogP contribution < -0.4 is 10.3 Å². The molecule has 1 aliphatic heterocycles. The van der Waals surface area contributed by atoms with Crippen molar-refractivity contribution in [2.45, 2.75) is 62.8 Å². The summed E-state index contributed by atoms with van der Waals surface area (Å²) in [5.41, 5.74) is 2.89. The molecule has 2 aromatic rings. The SMILES string of the molecule is COc1ccc(-c2n[nH]c(=O)c3c2CCCC3)cc1S(=O)(=O)N1CCCCC1C. The molecule has 7 nitrogen and oxygen atoms in total. The van der Waals surface area contributed by atoms with Gasteiger partial charge in [0.2, 0.25) is 10.0 Å². The highest BCUT2D eigenvalue weighted by molar-refractivity contribution is 7.89. The molecule has 0 amide bonds. The number of aromatic nitrogens is 2. The number of rotatable bonds is 4. The Kier molecular flexibility index (Phi) is 5.48. The van der Waals surface area contributed by atoms with E-state index in [9.17, 15) is 13.2 Å². The van der Waals surface area contributed by atoms with E-state index in [4.69, 9.17) is 4.74 Å². The number of nitrogens with zero attached hydrogens (tertiary/aromatic N) is 2. The van der Waals surface area contributed by atoms with Gasteiger partial charge in [0.15, 0.2) is 0 Å². The molecule has 1 aromatic heterocycles. The van der Waals surface area contributed by atoms with Crippen LogP contribution >= 0.6 is 0 Å². The average Bonchev–Trinajstić information content (AvgIpc) is 2.74. The molecule has 4 rings (SSSR count). The summed E-state index contributed by atoms with van der Waals surface area (Å²) in [7, 11) is -2.23. The van der Waals surface area contributed by atoms with Gasteiger partial charge in [-0.05, 0) is 69.2 Å². The summed E-state index contributed by atoms with van der Waals surface area (Å²) in [6, 6.07) is 5.10. The van der Waals surface area contributed by atoms with E-state index in [0.29, 0.717) is 23.6 Å². The Balaban J connectivity index is 1.84. The van der Waals surface area contributed by atoms with Crippen LogP contribution in [0.15, 0.2) is 27.9 Å². The Morgan fingerprint density at radius 3 is 2.62 bits per heavy atom. The molecule has 1 saturated heterocycles. The van der Waals surface area contributed by atoms with Crippen molar-refractivity contribution in [1.29, 1.82) is 0 Å². The highest BCUT2D eigenvalue weighted by Gasteiger charge is 2.33. The van der Waals surface area contributed by atoms with Crippen LogP contribution in [0, 0.1) is 0 Å². The fraction of sp³-hybridized carbons (Fsp3) is 0.524. The van der Waals surface area contributed by atoms with Gasteiger partial charge in [-0.25, -0.2) is 13.5 Å². The first kappa shape index (κ1) is 20.1. The molecule has 1 aliphatic carbocycles. The molecule has 1 atom stereocenters. The molecule has 29 heavy (non-hydrogen) atoms. The first-order valence-electron chi connectivity index (χ1n) is 10.2. The number of sulfonamides is 1. The van der Waals surface area contributed by atoms with Gasteiger partial charge in [0.05, 0.1) is 12.8 Å². The Labute approximate surface area is 171 Å². The second-order valence-electron chi connectivity index (χ2n) is 7.89. The second-order valence-corrected chi connectivity index (χ2v) is 9.75. The number of piperidine rings is 1. The molecule has 0 saturated carbocycles. The van der Waals surface area contributed by atoms with Crippen molar-refractivity contribution < 1.29 is 13.2 Å². The molecule has 1 unspecified atom stereocenters. The first-order valence-corrected chi connectivity index (χ1v) is 11.7. The van der Waals surface area contributed by atoms with Crippen LogP contribution in [0.5, 0.6) is 5.75 Å². The summed E-state index contributed by atoms with van der Waals surface area (Å²) in [6.07, 6.45) is 6.24. The number of hydrogen-bond donors (Lipinski definition) is 1. The maximum absolute atomic E-state index is 13.5. The summed E-state index contributed by atoms with van der Waals surface area (Å²) in [6.45, 7) is 2.47. The lowest BCUT2D eigenvalue weighted by atomic mass is 9.90. The molecule has 1 N–H and O–H groups in total. The van der Waals surface area contributed by atoms with Gasteiger partial charge in [0.1, 0.15) is 10.6 Å². The predicted molar refractivity (Wildman–Crippen MR) is 111 cm³/mol. The van der Waals surface area contributed by atoms with E-state index in [0.717, 1.165) is 56.1 Å². The molecule has 8 heteroatoms. The molecule has 1 aromatic carbocycles. The third-order valence-corrected chi connectivity index (χ3v) is 8.10. The van der Waals surface area contributed by atoms with E-state index in [2.05, 4.69) is 10.2 Å². The Hall–Kier alpha value is -2.19. The minimum Gasteiger partial charge on any atom is -0.495 e. The number of aromatic amines is 1. The monoisotopic (exact) mass is 417 g/mol. The minimum atomic E-state index is -3.71. The Bertz CT molecular complexity index is 1080. The standard InChI is InChI=1S/C21H27N3O4S/c1-14-7-5-6-12-24(14)29(26,27)19-13-15(10-11-18(19)28-2)20-16-8-3-4-9-17(16)21(25)23-22-20/h10-11,13-14H,3-9,12H2,1-2H3,(H,23,25). The molecule has 1 fully saturated rings. The van der Waals surface area contributed by atoms with Crippen LogP contribution in [0.25, 0.3) is 11.3 Å². The summed E-state index contributed by atoms with van der Waals surface area (Å²) < 4.78 is 33.9. The summed E-state index contributed by atoms with van der Waals surface area (Å²) >= 11 is 0. The fourth-order valence-electron chi connectivity index (χ4n) is 4.48. The van der Waals surface area contributed by atoms with Crippen molar-refractivity contribution in [1.82, 2.24) is 14.5 Å². The predicted octanol–water partition coefficient (Wildman–Crippen LogP) is 2.89. The zero-order valence-electron chi connectivity index (χ0n) is 16.9. The van der Waals surface area contributed by atoms with Crippen molar-refractivity contribution >= 4 is 10.0 Å². The largest absolute Gasteiger partial charge is 0.495 e. The molecule has 0 radical (unpaired) electrons. The molecule has 0 spiro atoms. The molecular weight excluding hydrogens is 390 g/mol. The number of ether oxygens (including phenoxy) is 1. The van der Waals surface area contributed by atoms with E-state index in [-0.39, 0.29) is 16.5 Å². The highest BCUT2D eigenvalue weighted by atomic mass is 32.2. The lowest BCUT2D eigenvalue weighted by Gasteiger charge is -2.32. The number of H-pyrrole nitrogens is 1. The lowest BCUT2D eigenvalue weighted by molar-refractivity contribution is 0.267. The van der Waals surface area contributed by atoms with E-state index >= 15 is 0 Å². The van der Waals surface area contributed by atoms with Gasteiger partial charge in [-0.1, -0.05) is 6.42 Å². The third kappa shape index (κ3) is 3.59. The molecule has 2 aliphatic rings. The lowest BCUT2D eigenvalue weighted by Crippen LogP contribution is -2.42. The van der Waals surface area contributed by atoms with Crippen LogP contribution in [0.3, 0.4) is 0 Å². The van der Waals surface area contributed by atoms with Crippen LogP contribution in [-0.2, 0) is 22.9 Å².